The van der Waals surface area contributed by atoms with E-state index in [1.165, 1.54) is 19.3 Å². The van der Waals surface area contributed by atoms with Crippen LogP contribution in [0, 0.1) is 0 Å². The van der Waals surface area contributed by atoms with E-state index in [9.17, 15) is 4.79 Å². The molecule has 0 saturated carbocycles. The van der Waals surface area contributed by atoms with Gasteiger partial charge in [-0.05, 0) is 6.42 Å². The van der Waals surface area contributed by atoms with Crippen molar-refractivity contribution < 1.29 is 26.7 Å². The van der Waals surface area contributed by atoms with Gasteiger partial charge in [0.15, 0.2) is 0 Å². The number of carboxylic acids is 1. The molecule has 0 aliphatic carbocycles. The molecule has 0 spiro atoms. The van der Waals surface area contributed by atoms with Crippen LogP contribution < -0.4 is 0 Å². The summed E-state index contributed by atoms with van der Waals surface area (Å²) in [5.41, 5.74) is 0. The van der Waals surface area contributed by atoms with Crippen molar-refractivity contribution in [2.75, 3.05) is 0 Å². The van der Waals surface area contributed by atoms with Crippen molar-refractivity contribution in [2.24, 2.45) is 0 Å². The summed E-state index contributed by atoms with van der Waals surface area (Å²) in [5.74, 6) is -0.670. The minimum absolute atomic E-state index is 0. The molecule has 0 saturated heterocycles. The molecule has 0 aromatic heterocycles. The van der Waals surface area contributed by atoms with Crippen molar-refractivity contribution in [3.05, 3.63) is 0 Å². The summed E-state index contributed by atoms with van der Waals surface area (Å²) in [5, 5.41) is 8.27. The second-order valence-electron chi connectivity index (χ2n) is 2.56. The molecule has 11 heavy (non-hydrogen) atoms. The smallest absolute Gasteiger partial charge is 0.481 e. The Hall–Kier alpha value is -0.0235. The Morgan fingerprint density at radius 3 is 2.18 bits per heavy atom. The van der Waals surface area contributed by atoms with Crippen LogP contribution in [0.4, 0.5) is 0 Å². The molecule has 67 valence electrons. The zero-order valence-electron chi connectivity index (χ0n) is 6.93. The number of aliphatic carboxylic acids is 1. The van der Waals surface area contributed by atoms with Gasteiger partial charge in [0.2, 0.25) is 0 Å². The monoisotopic (exact) mass is 203 g/mol. The van der Waals surface area contributed by atoms with Crippen LogP contribution in [0.5, 0.6) is 0 Å². The largest absolute Gasteiger partial charge is 2.00 e. The van der Waals surface area contributed by atoms with Crippen LogP contribution in [0.15, 0.2) is 0 Å². The molecular formula is C8H16CoO2+2. The van der Waals surface area contributed by atoms with Gasteiger partial charge in [-0.2, -0.15) is 0 Å². The third-order valence-corrected chi connectivity index (χ3v) is 1.49. The van der Waals surface area contributed by atoms with Crippen LogP contribution in [0.1, 0.15) is 45.4 Å². The quantitative estimate of drug-likeness (QED) is 0.673. The van der Waals surface area contributed by atoms with E-state index in [0.717, 1.165) is 12.8 Å². The molecule has 0 amide bonds. The molecule has 0 aliphatic heterocycles. The zero-order valence-corrected chi connectivity index (χ0v) is 7.97. The van der Waals surface area contributed by atoms with E-state index in [0.29, 0.717) is 6.42 Å². The van der Waals surface area contributed by atoms with E-state index in [4.69, 9.17) is 5.11 Å². The van der Waals surface area contributed by atoms with Crippen LogP contribution in [0.2, 0.25) is 0 Å². The van der Waals surface area contributed by atoms with Crippen molar-refractivity contribution in [1.29, 1.82) is 0 Å². The predicted molar refractivity (Wildman–Crippen MR) is 41.0 cm³/mol. The number of rotatable bonds is 6. The molecule has 0 heterocycles. The second kappa shape index (κ2) is 9.98. The number of unbranched alkanes of at least 4 members (excludes halogenated alkanes) is 4. The minimum Gasteiger partial charge on any atom is -0.481 e. The zero-order chi connectivity index (χ0) is 7.82. The molecule has 0 fully saturated rings. The molecule has 0 rings (SSSR count). The first-order chi connectivity index (χ1) is 4.77. The van der Waals surface area contributed by atoms with Gasteiger partial charge < -0.3 is 5.11 Å². The first-order valence-electron chi connectivity index (χ1n) is 3.99. The van der Waals surface area contributed by atoms with Gasteiger partial charge >= 0.3 is 22.7 Å². The van der Waals surface area contributed by atoms with Gasteiger partial charge in [0.25, 0.3) is 0 Å². The third-order valence-electron chi connectivity index (χ3n) is 1.49. The van der Waals surface area contributed by atoms with E-state index >= 15 is 0 Å². The fraction of sp³-hybridized carbons (Fsp3) is 0.875. The van der Waals surface area contributed by atoms with E-state index in [2.05, 4.69) is 6.92 Å². The van der Waals surface area contributed by atoms with Crippen molar-refractivity contribution in [3.63, 3.8) is 0 Å². The number of carbonyl (C=O) groups is 1. The Morgan fingerprint density at radius 2 is 1.73 bits per heavy atom. The second-order valence-corrected chi connectivity index (χ2v) is 2.56. The Kier molecular flexibility index (Phi) is 12.3. The minimum atomic E-state index is -0.670. The standard InChI is InChI=1S/C8H16O2.Co/c1-2-3-4-5-6-7-8(9)10;/h2-7H2,1H3,(H,9,10);/q;+2. The van der Waals surface area contributed by atoms with Gasteiger partial charge in [0.05, 0.1) is 0 Å². The molecule has 0 atom stereocenters. The molecule has 0 bridgehead atoms. The summed E-state index contributed by atoms with van der Waals surface area (Å²) in [4.78, 5) is 10.0. The maximum Gasteiger partial charge on any atom is 2.00 e. The summed E-state index contributed by atoms with van der Waals surface area (Å²) in [6.45, 7) is 2.15. The predicted octanol–water partition coefficient (Wildman–Crippen LogP) is 2.43. The Morgan fingerprint density at radius 1 is 1.18 bits per heavy atom. The van der Waals surface area contributed by atoms with Crippen molar-refractivity contribution in [3.8, 4) is 0 Å². The van der Waals surface area contributed by atoms with Crippen LogP contribution in [0.25, 0.3) is 0 Å². The van der Waals surface area contributed by atoms with Crippen molar-refractivity contribution in [2.45, 2.75) is 45.4 Å². The van der Waals surface area contributed by atoms with E-state index in [1.54, 1.807) is 0 Å². The van der Waals surface area contributed by atoms with Crippen LogP contribution in [0.3, 0.4) is 0 Å². The summed E-state index contributed by atoms with van der Waals surface area (Å²) >= 11 is 0. The van der Waals surface area contributed by atoms with Gasteiger partial charge in [-0.25, -0.2) is 0 Å². The van der Waals surface area contributed by atoms with Gasteiger partial charge in [-0.1, -0.05) is 32.6 Å². The summed E-state index contributed by atoms with van der Waals surface area (Å²) < 4.78 is 0. The molecule has 1 N–H and O–H groups in total. The molecule has 0 aromatic rings. The third kappa shape index (κ3) is 13.0. The topological polar surface area (TPSA) is 37.3 Å². The average molecular weight is 203 g/mol. The molecular weight excluding hydrogens is 187 g/mol. The Bertz CT molecular complexity index is 94.1. The average Bonchev–Trinajstić information content (AvgIpc) is 1.87. The SMILES string of the molecule is CCCCCCCC(=O)O.[Co+2]. The maximum atomic E-state index is 10.0. The normalized spacial score (nSPS) is 8.82. The summed E-state index contributed by atoms with van der Waals surface area (Å²) in [6, 6.07) is 0. The molecule has 0 aromatic carbocycles. The van der Waals surface area contributed by atoms with Gasteiger partial charge in [-0.3, -0.25) is 4.79 Å². The van der Waals surface area contributed by atoms with E-state index < -0.39 is 5.97 Å². The van der Waals surface area contributed by atoms with Crippen LogP contribution in [-0.4, -0.2) is 11.1 Å². The Labute approximate surface area is 78.6 Å². The number of carboxylic acid groups (broad SMARTS) is 1. The fourth-order valence-corrected chi connectivity index (χ4v) is 0.880. The maximum absolute atomic E-state index is 10.0. The van der Waals surface area contributed by atoms with Crippen molar-refractivity contribution in [1.82, 2.24) is 0 Å². The van der Waals surface area contributed by atoms with Crippen LogP contribution >= 0.6 is 0 Å². The van der Waals surface area contributed by atoms with Gasteiger partial charge in [0.1, 0.15) is 0 Å². The summed E-state index contributed by atoms with van der Waals surface area (Å²) in [6.07, 6.45) is 5.88. The van der Waals surface area contributed by atoms with Gasteiger partial charge in [0, 0.05) is 6.42 Å². The summed E-state index contributed by atoms with van der Waals surface area (Å²) in [7, 11) is 0. The molecule has 0 unspecified atom stereocenters. The van der Waals surface area contributed by atoms with E-state index in [-0.39, 0.29) is 16.8 Å². The first kappa shape index (κ1) is 13.6. The van der Waals surface area contributed by atoms with Crippen molar-refractivity contribution >= 4 is 5.97 Å². The van der Waals surface area contributed by atoms with Gasteiger partial charge in [-0.15, -0.1) is 0 Å². The number of hydrogen-bond donors (Lipinski definition) is 1. The Balaban J connectivity index is 0. The number of hydrogen-bond acceptors (Lipinski definition) is 1. The fourth-order valence-electron chi connectivity index (χ4n) is 0.880. The van der Waals surface area contributed by atoms with E-state index in [1.807, 2.05) is 0 Å². The molecule has 3 heteroatoms. The molecule has 0 aliphatic rings. The molecule has 1 radical (unpaired) electrons. The van der Waals surface area contributed by atoms with Crippen LogP contribution in [-0.2, 0) is 21.6 Å². The molecule has 2 nitrogen and oxygen atoms in total. The first-order valence-corrected chi connectivity index (χ1v) is 3.99.